The highest BCUT2D eigenvalue weighted by molar-refractivity contribution is 6.07. The van der Waals surface area contributed by atoms with Gasteiger partial charge in [0.2, 0.25) is 0 Å². The molecule has 1 saturated carbocycles. The third-order valence-corrected chi connectivity index (χ3v) is 3.56. The zero-order chi connectivity index (χ0) is 15.2. The Balaban J connectivity index is 2.23. The molecule has 0 aliphatic heterocycles. The van der Waals surface area contributed by atoms with E-state index >= 15 is 0 Å². The van der Waals surface area contributed by atoms with Gasteiger partial charge in [-0.25, -0.2) is 0 Å². The van der Waals surface area contributed by atoms with Crippen LogP contribution in [0.15, 0.2) is 29.3 Å². The Kier molecular flexibility index (Phi) is 4.83. The van der Waals surface area contributed by atoms with Crippen molar-refractivity contribution >= 4 is 11.6 Å². The number of allylic oxidation sites excluding steroid dienone is 1. The summed E-state index contributed by atoms with van der Waals surface area (Å²) in [6.07, 6.45) is 3.74. The van der Waals surface area contributed by atoms with Gasteiger partial charge in [0.05, 0.1) is 19.9 Å². The van der Waals surface area contributed by atoms with Crippen LogP contribution >= 0.6 is 0 Å². The Morgan fingerprint density at radius 3 is 2.52 bits per heavy atom. The third-order valence-electron chi connectivity index (χ3n) is 3.56. The van der Waals surface area contributed by atoms with Gasteiger partial charge in [-0.2, -0.15) is 5.26 Å². The van der Waals surface area contributed by atoms with Gasteiger partial charge >= 0.3 is 0 Å². The molecule has 1 amide bonds. The first-order chi connectivity index (χ1) is 10.2. The second-order valence-electron chi connectivity index (χ2n) is 4.82. The molecule has 1 aliphatic rings. The molecule has 1 aromatic rings. The van der Waals surface area contributed by atoms with Crippen molar-refractivity contribution in [1.82, 2.24) is 0 Å². The zero-order valence-corrected chi connectivity index (χ0v) is 12.2. The number of hydrogen-bond acceptors (Lipinski definition) is 4. The highest BCUT2D eigenvalue weighted by atomic mass is 16.5. The van der Waals surface area contributed by atoms with Gasteiger partial charge in [0.25, 0.3) is 5.91 Å². The molecule has 1 fully saturated rings. The van der Waals surface area contributed by atoms with E-state index in [1.165, 1.54) is 7.11 Å². The number of nitriles is 1. The van der Waals surface area contributed by atoms with Crippen molar-refractivity contribution in [2.75, 3.05) is 19.5 Å². The first-order valence-electron chi connectivity index (χ1n) is 6.85. The van der Waals surface area contributed by atoms with E-state index in [1.54, 1.807) is 25.3 Å². The van der Waals surface area contributed by atoms with Crippen LogP contribution in [0, 0.1) is 11.3 Å². The molecule has 0 aromatic heterocycles. The minimum Gasteiger partial charge on any atom is -0.497 e. The van der Waals surface area contributed by atoms with E-state index in [1.807, 2.05) is 6.07 Å². The number of rotatable bonds is 4. The summed E-state index contributed by atoms with van der Waals surface area (Å²) in [5.74, 6) is 0.758. The molecule has 1 N–H and O–H groups in total. The molecule has 21 heavy (non-hydrogen) atoms. The van der Waals surface area contributed by atoms with Gasteiger partial charge in [0.15, 0.2) is 0 Å². The molecule has 5 heteroatoms. The molecule has 1 aliphatic carbocycles. The molecule has 0 atom stereocenters. The van der Waals surface area contributed by atoms with Gasteiger partial charge < -0.3 is 14.8 Å². The number of carbonyl (C=O) groups is 1. The first-order valence-corrected chi connectivity index (χ1v) is 6.85. The lowest BCUT2D eigenvalue weighted by atomic mass is 10.1. The predicted octanol–water partition coefficient (Wildman–Crippen LogP) is 3.04. The van der Waals surface area contributed by atoms with Crippen LogP contribution in [0.4, 0.5) is 5.69 Å². The second kappa shape index (κ2) is 6.80. The van der Waals surface area contributed by atoms with E-state index in [0.29, 0.717) is 17.2 Å². The summed E-state index contributed by atoms with van der Waals surface area (Å²) in [5.41, 5.74) is 1.70. The van der Waals surface area contributed by atoms with Gasteiger partial charge in [-0.3, -0.25) is 4.79 Å². The Morgan fingerprint density at radius 2 is 1.95 bits per heavy atom. The maximum absolute atomic E-state index is 12.3. The van der Waals surface area contributed by atoms with Crippen molar-refractivity contribution < 1.29 is 14.3 Å². The molecule has 5 nitrogen and oxygen atoms in total. The molecule has 2 rings (SSSR count). The number of amides is 1. The van der Waals surface area contributed by atoms with Gasteiger partial charge in [0, 0.05) is 6.07 Å². The molecule has 110 valence electrons. The molecule has 0 spiro atoms. The monoisotopic (exact) mass is 286 g/mol. The number of ether oxygens (including phenoxy) is 2. The fraction of sp³-hybridized carbons (Fsp3) is 0.375. The Hall–Kier alpha value is -2.48. The maximum Gasteiger partial charge on any atom is 0.266 e. The number of carbonyl (C=O) groups excluding carboxylic acids is 1. The molecule has 0 unspecified atom stereocenters. The van der Waals surface area contributed by atoms with E-state index in [9.17, 15) is 10.1 Å². The summed E-state index contributed by atoms with van der Waals surface area (Å²) in [5, 5.41) is 12.0. The molecular formula is C16H18N2O3. The fourth-order valence-electron chi connectivity index (χ4n) is 2.43. The fourth-order valence-corrected chi connectivity index (χ4v) is 2.43. The summed E-state index contributed by atoms with van der Waals surface area (Å²) in [4.78, 5) is 12.3. The van der Waals surface area contributed by atoms with Crippen molar-refractivity contribution in [2.24, 2.45) is 0 Å². The molecule has 1 aromatic carbocycles. The van der Waals surface area contributed by atoms with E-state index in [4.69, 9.17) is 9.47 Å². The summed E-state index contributed by atoms with van der Waals surface area (Å²) < 4.78 is 10.3. The van der Waals surface area contributed by atoms with Gasteiger partial charge in [0.1, 0.15) is 23.1 Å². The van der Waals surface area contributed by atoms with Crippen LogP contribution in [-0.4, -0.2) is 20.1 Å². The summed E-state index contributed by atoms with van der Waals surface area (Å²) in [7, 11) is 3.08. The average molecular weight is 286 g/mol. The van der Waals surface area contributed by atoms with Crippen LogP contribution in [0.1, 0.15) is 25.7 Å². The first kappa shape index (κ1) is 14.9. The van der Waals surface area contributed by atoms with Gasteiger partial charge in [-0.15, -0.1) is 0 Å². The minimum absolute atomic E-state index is 0.227. The van der Waals surface area contributed by atoms with Crippen molar-refractivity contribution in [3.63, 3.8) is 0 Å². The molecule has 0 bridgehead atoms. The van der Waals surface area contributed by atoms with Crippen molar-refractivity contribution in [3.05, 3.63) is 29.3 Å². The van der Waals surface area contributed by atoms with E-state index in [2.05, 4.69) is 5.32 Å². The van der Waals surface area contributed by atoms with E-state index in [0.717, 1.165) is 31.3 Å². The van der Waals surface area contributed by atoms with Crippen molar-refractivity contribution in [2.45, 2.75) is 25.7 Å². The number of nitrogens with zero attached hydrogens (tertiary/aromatic N) is 1. The van der Waals surface area contributed by atoms with Crippen molar-refractivity contribution in [3.8, 4) is 17.6 Å². The lowest BCUT2D eigenvalue weighted by Crippen LogP contribution is -2.15. The highest BCUT2D eigenvalue weighted by Gasteiger charge is 2.19. The third kappa shape index (κ3) is 3.34. The van der Waals surface area contributed by atoms with E-state index in [-0.39, 0.29) is 11.5 Å². The van der Waals surface area contributed by atoms with Crippen LogP contribution in [0.25, 0.3) is 0 Å². The molecule has 0 heterocycles. The molecule has 0 radical (unpaired) electrons. The summed E-state index contributed by atoms with van der Waals surface area (Å²) in [6.45, 7) is 0. The minimum atomic E-state index is -0.377. The number of benzene rings is 1. The van der Waals surface area contributed by atoms with Crippen molar-refractivity contribution in [1.29, 1.82) is 5.26 Å². The smallest absolute Gasteiger partial charge is 0.266 e. The molecular weight excluding hydrogens is 268 g/mol. The number of nitrogens with one attached hydrogen (secondary N) is 1. The van der Waals surface area contributed by atoms with Crippen LogP contribution in [0.5, 0.6) is 11.5 Å². The SMILES string of the molecule is COc1ccc(NC(=O)C(C#N)=C2CCCC2)c(OC)c1. The topological polar surface area (TPSA) is 71.3 Å². The summed E-state index contributed by atoms with van der Waals surface area (Å²) in [6, 6.07) is 7.14. The molecule has 0 saturated heterocycles. The van der Waals surface area contributed by atoms with Crippen LogP contribution in [0.2, 0.25) is 0 Å². The highest BCUT2D eigenvalue weighted by Crippen LogP contribution is 2.31. The average Bonchev–Trinajstić information content (AvgIpc) is 3.02. The lowest BCUT2D eigenvalue weighted by Gasteiger charge is -2.12. The van der Waals surface area contributed by atoms with E-state index < -0.39 is 0 Å². The van der Waals surface area contributed by atoms with Gasteiger partial charge in [-0.1, -0.05) is 0 Å². The Bertz CT molecular complexity index is 606. The van der Waals surface area contributed by atoms with Crippen LogP contribution in [0.3, 0.4) is 0 Å². The largest absolute Gasteiger partial charge is 0.497 e. The lowest BCUT2D eigenvalue weighted by molar-refractivity contribution is -0.112. The van der Waals surface area contributed by atoms with Crippen LogP contribution < -0.4 is 14.8 Å². The normalized spacial score (nSPS) is 13.5. The number of hydrogen-bond donors (Lipinski definition) is 1. The number of anilines is 1. The quantitative estimate of drug-likeness (QED) is 0.682. The standard InChI is InChI=1S/C16H18N2O3/c1-20-12-7-8-14(15(9-12)21-2)18-16(19)13(10-17)11-5-3-4-6-11/h7-9H,3-6H2,1-2H3,(H,18,19). The van der Waals surface area contributed by atoms with Gasteiger partial charge in [-0.05, 0) is 43.4 Å². The Morgan fingerprint density at radius 1 is 1.24 bits per heavy atom. The zero-order valence-electron chi connectivity index (χ0n) is 12.2. The summed E-state index contributed by atoms with van der Waals surface area (Å²) >= 11 is 0. The van der Waals surface area contributed by atoms with Crippen LogP contribution in [-0.2, 0) is 4.79 Å². The maximum atomic E-state index is 12.3. The Labute approximate surface area is 124 Å². The predicted molar refractivity (Wildman–Crippen MR) is 79.3 cm³/mol. The number of methoxy groups -OCH3 is 2. The second-order valence-corrected chi connectivity index (χ2v) is 4.82.